The van der Waals surface area contributed by atoms with Crippen molar-refractivity contribution in [1.29, 1.82) is 0 Å². The fourth-order valence-corrected chi connectivity index (χ4v) is 3.52. The van der Waals surface area contributed by atoms with Crippen LogP contribution < -0.4 is 10.6 Å². The molecule has 0 aliphatic carbocycles. The molecule has 0 radical (unpaired) electrons. The molecule has 7 nitrogen and oxygen atoms in total. The minimum absolute atomic E-state index is 0. The van der Waals surface area contributed by atoms with Crippen molar-refractivity contribution in [2.75, 3.05) is 38.0 Å². The van der Waals surface area contributed by atoms with Crippen LogP contribution in [0.3, 0.4) is 0 Å². The number of hydrogen-bond acceptors (Lipinski definition) is 5. The smallest absolute Gasteiger partial charge is 0.292 e. The van der Waals surface area contributed by atoms with Crippen LogP contribution in [0.4, 0.5) is 11.4 Å². The second-order valence-corrected chi connectivity index (χ2v) is 6.44. The van der Waals surface area contributed by atoms with Gasteiger partial charge in [0.1, 0.15) is 5.69 Å². The molecule has 2 heterocycles. The van der Waals surface area contributed by atoms with Gasteiger partial charge in [0, 0.05) is 25.7 Å². The lowest BCUT2D eigenvalue weighted by Gasteiger charge is -2.38. The van der Waals surface area contributed by atoms with Gasteiger partial charge in [0.05, 0.1) is 11.5 Å². The summed E-state index contributed by atoms with van der Waals surface area (Å²) in [7, 11) is 0. The number of nitrogens with one attached hydrogen (secondary N) is 2. The Balaban J connectivity index is 0.00000208. The molecule has 24 heavy (non-hydrogen) atoms. The van der Waals surface area contributed by atoms with Crippen LogP contribution in [0, 0.1) is 15.5 Å². The lowest BCUT2D eigenvalue weighted by molar-refractivity contribution is -0.383. The SMILES string of the molecule is Cl.O=C(CNc1ccccc1[N+](=O)[O-])N1CCC2(CCNC2)CC1. The van der Waals surface area contributed by atoms with Crippen molar-refractivity contribution in [2.24, 2.45) is 5.41 Å². The third kappa shape index (κ3) is 3.96. The molecule has 0 unspecified atom stereocenters. The molecule has 1 amide bonds. The van der Waals surface area contributed by atoms with E-state index in [0.717, 1.165) is 39.0 Å². The van der Waals surface area contributed by atoms with Gasteiger partial charge < -0.3 is 15.5 Å². The van der Waals surface area contributed by atoms with Gasteiger partial charge >= 0.3 is 0 Å². The lowest BCUT2D eigenvalue weighted by Crippen LogP contribution is -2.45. The third-order valence-corrected chi connectivity index (χ3v) is 5.04. The Hall–Kier alpha value is -1.86. The van der Waals surface area contributed by atoms with Gasteiger partial charge in [-0.3, -0.25) is 14.9 Å². The Kier molecular flexibility index (Phi) is 6.01. The van der Waals surface area contributed by atoms with Gasteiger partial charge in [-0.1, -0.05) is 12.1 Å². The van der Waals surface area contributed by atoms with Gasteiger partial charge in [-0.25, -0.2) is 0 Å². The Morgan fingerprint density at radius 3 is 2.62 bits per heavy atom. The van der Waals surface area contributed by atoms with E-state index in [0.29, 0.717) is 11.1 Å². The molecular weight excluding hydrogens is 332 g/mol. The highest BCUT2D eigenvalue weighted by atomic mass is 35.5. The number of carbonyl (C=O) groups excluding carboxylic acids is 1. The summed E-state index contributed by atoms with van der Waals surface area (Å²) >= 11 is 0. The summed E-state index contributed by atoms with van der Waals surface area (Å²) < 4.78 is 0. The molecule has 3 rings (SSSR count). The highest BCUT2D eigenvalue weighted by molar-refractivity contribution is 5.85. The molecule has 0 aromatic heterocycles. The predicted molar refractivity (Wildman–Crippen MR) is 94.6 cm³/mol. The summed E-state index contributed by atoms with van der Waals surface area (Å²) in [4.78, 5) is 24.7. The number of hydrogen-bond donors (Lipinski definition) is 2. The van der Waals surface area contributed by atoms with E-state index in [1.165, 1.54) is 12.5 Å². The van der Waals surface area contributed by atoms with Gasteiger partial charge in [-0.05, 0) is 37.3 Å². The fourth-order valence-electron chi connectivity index (χ4n) is 3.52. The molecule has 2 aliphatic heterocycles. The summed E-state index contributed by atoms with van der Waals surface area (Å²) in [6, 6.07) is 6.40. The molecule has 0 saturated carbocycles. The summed E-state index contributed by atoms with van der Waals surface area (Å²) in [6.45, 7) is 3.78. The largest absolute Gasteiger partial charge is 0.371 e. The molecule has 0 atom stereocenters. The number of benzene rings is 1. The third-order valence-electron chi connectivity index (χ3n) is 5.04. The summed E-state index contributed by atoms with van der Waals surface area (Å²) in [5, 5.41) is 17.3. The monoisotopic (exact) mass is 354 g/mol. The number of likely N-dealkylation sites (tertiary alicyclic amines) is 1. The minimum atomic E-state index is -0.440. The van der Waals surface area contributed by atoms with E-state index in [-0.39, 0.29) is 30.5 Å². The van der Waals surface area contributed by atoms with E-state index in [4.69, 9.17) is 0 Å². The van der Waals surface area contributed by atoms with Crippen LogP contribution >= 0.6 is 12.4 Å². The van der Waals surface area contributed by atoms with Crippen LogP contribution in [0.25, 0.3) is 0 Å². The fraction of sp³-hybridized carbons (Fsp3) is 0.562. The standard InChI is InChI=1S/C16H22N4O3.ClH/c21-15(11-18-13-3-1-2-4-14(13)20(22)23)19-9-6-16(7-10-19)5-8-17-12-16;/h1-4,17-18H,5-12H2;1H. The van der Waals surface area contributed by atoms with Crippen molar-refractivity contribution in [1.82, 2.24) is 10.2 Å². The van der Waals surface area contributed by atoms with E-state index >= 15 is 0 Å². The van der Waals surface area contributed by atoms with Crippen molar-refractivity contribution in [3.63, 3.8) is 0 Å². The van der Waals surface area contributed by atoms with Crippen LogP contribution in [0.5, 0.6) is 0 Å². The summed E-state index contributed by atoms with van der Waals surface area (Å²) in [6.07, 6.45) is 3.28. The van der Waals surface area contributed by atoms with Gasteiger partial charge in [0.25, 0.3) is 5.69 Å². The maximum Gasteiger partial charge on any atom is 0.292 e. The van der Waals surface area contributed by atoms with Crippen LogP contribution in [-0.4, -0.2) is 48.5 Å². The normalized spacial score (nSPS) is 18.9. The number of halogens is 1. The Bertz CT molecular complexity index is 595. The molecule has 2 fully saturated rings. The molecule has 2 aliphatic rings. The summed E-state index contributed by atoms with van der Waals surface area (Å²) in [5.74, 6) is 0.00366. The van der Waals surface area contributed by atoms with E-state index < -0.39 is 4.92 Å². The number of nitro groups is 1. The van der Waals surface area contributed by atoms with E-state index in [1.807, 2.05) is 4.90 Å². The maximum absolute atomic E-state index is 12.3. The van der Waals surface area contributed by atoms with Crippen LogP contribution in [0.2, 0.25) is 0 Å². The van der Waals surface area contributed by atoms with Gasteiger partial charge in [-0.2, -0.15) is 0 Å². The molecular formula is C16H23ClN4O3. The first-order valence-electron chi connectivity index (χ1n) is 8.05. The highest BCUT2D eigenvalue weighted by Crippen LogP contribution is 2.36. The Labute approximate surface area is 147 Å². The van der Waals surface area contributed by atoms with Crippen LogP contribution in [-0.2, 0) is 4.79 Å². The van der Waals surface area contributed by atoms with Crippen LogP contribution in [0.15, 0.2) is 24.3 Å². The van der Waals surface area contributed by atoms with Gasteiger partial charge in [-0.15, -0.1) is 12.4 Å². The maximum atomic E-state index is 12.3. The number of amides is 1. The number of rotatable bonds is 4. The number of anilines is 1. The molecule has 1 aromatic carbocycles. The number of carbonyl (C=O) groups is 1. The van der Waals surface area contributed by atoms with Crippen molar-refractivity contribution in [3.8, 4) is 0 Å². The first-order chi connectivity index (χ1) is 11.1. The minimum Gasteiger partial charge on any atom is -0.371 e. The molecule has 2 N–H and O–H groups in total. The van der Waals surface area contributed by atoms with E-state index in [9.17, 15) is 14.9 Å². The zero-order valence-electron chi connectivity index (χ0n) is 13.5. The molecule has 132 valence electrons. The highest BCUT2D eigenvalue weighted by Gasteiger charge is 2.37. The van der Waals surface area contributed by atoms with E-state index in [1.54, 1.807) is 18.2 Å². The topological polar surface area (TPSA) is 87.5 Å². The molecule has 1 aromatic rings. The lowest BCUT2D eigenvalue weighted by atomic mass is 9.78. The van der Waals surface area contributed by atoms with Crippen molar-refractivity contribution >= 4 is 29.7 Å². The van der Waals surface area contributed by atoms with Gasteiger partial charge in [0.15, 0.2) is 0 Å². The number of nitro benzene ring substituents is 1. The van der Waals surface area contributed by atoms with Crippen LogP contribution in [0.1, 0.15) is 19.3 Å². The van der Waals surface area contributed by atoms with Crippen molar-refractivity contribution < 1.29 is 9.72 Å². The first kappa shape index (κ1) is 18.5. The average Bonchev–Trinajstić information content (AvgIpc) is 3.01. The van der Waals surface area contributed by atoms with Crippen molar-refractivity contribution in [3.05, 3.63) is 34.4 Å². The second-order valence-electron chi connectivity index (χ2n) is 6.44. The number of piperidine rings is 1. The molecule has 0 bridgehead atoms. The zero-order valence-corrected chi connectivity index (χ0v) is 14.3. The van der Waals surface area contributed by atoms with Crippen molar-refractivity contribution in [2.45, 2.75) is 19.3 Å². The molecule has 2 saturated heterocycles. The Morgan fingerprint density at radius 2 is 2.00 bits per heavy atom. The number of para-hydroxylation sites is 2. The van der Waals surface area contributed by atoms with Gasteiger partial charge in [0.2, 0.25) is 5.91 Å². The second kappa shape index (κ2) is 7.81. The quantitative estimate of drug-likeness (QED) is 0.638. The summed E-state index contributed by atoms with van der Waals surface area (Å²) in [5.41, 5.74) is 0.761. The molecule has 8 heteroatoms. The first-order valence-corrected chi connectivity index (χ1v) is 8.05. The molecule has 1 spiro atoms. The number of nitrogens with zero attached hydrogens (tertiary/aromatic N) is 2. The van der Waals surface area contributed by atoms with E-state index in [2.05, 4.69) is 10.6 Å². The predicted octanol–water partition coefficient (Wildman–Crippen LogP) is 2.03. The average molecular weight is 355 g/mol. The zero-order chi connectivity index (χ0) is 16.3. The Morgan fingerprint density at radius 1 is 1.29 bits per heavy atom.